The second-order valence-electron chi connectivity index (χ2n) is 2.84. The van der Waals surface area contributed by atoms with E-state index >= 15 is 0 Å². The molecule has 0 amide bonds. The molecule has 0 heterocycles. The Kier molecular flexibility index (Phi) is 3.77. The van der Waals surface area contributed by atoms with Crippen LogP contribution >= 0.6 is 0 Å². The monoisotopic (exact) mass is 170 g/mol. The molecule has 0 saturated heterocycles. The van der Waals surface area contributed by atoms with Crippen LogP contribution in [0.1, 0.15) is 11.1 Å². The first-order valence-electron chi connectivity index (χ1n) is 4.36. The Bertz CT molecular complexity index is 330. The van der Waals surface area contributed by atoms with Crippen LogP contribution in [0.5, 0.6) is 0 Å². The van der Waals surface area contributed by atoms with Crippen molar-refractivity contribution in [2.75, 3.05) is 0 Å². The Labute approximate surface area is 79.9 Å². The van der Waals surface area contributed by atoms with E-state index in [1.165, 1.54) is 11.1 Å². The van der Waals surface area contributed by atoms with E-state index in [4.69, 9.17) is 0 Å². The third-order valence-electron chi connectivity index (χ3n) is 1.82. The molecule has 0 fully saturated rings. The number of hydrogen-bond acceptors (Lipinski definition) is 0. The highest BCUT2D eigenvalue weighted by molar-refractivity contribution is 5.54. The number of benzene rings is 1. The van der Waals surface area contributed by atoms with Crippen molar-refractivity contribution in [3.8, 4) is 0 Å². The van der Waals surface area contributed by atoms with E-state index in [-0.39, 0.29) is 0 Å². The minimum Gasteiger partial charge on any atom is -0.0991 e. The van der Waals surface area contributed by atoms with E-state index in [0.717, 1.165) is 0 Å². The molecule has 0 radical (unpaired) electrons. The van der Waals surface area contributed by atoms with Crippen LogP contribution in [0.4, 0.5) is 0 Å². The van der Waals surface area contributed by atoms with E-state index in [1.54, 1.807) is 6.08 Å². The highest BCUT2D eigenvalue weighted by Gasteiger charge is 1.88. The number of rotatable bonds is 3. The van der Waals surface area contributed by atoms with Gasteiger partial charge in [0.1, 0.15) is 0 Å². The quantitative estimate of drug-likeness (QED) is 0.606. The van der Waals surface area contributed by atoms with Gasteiger partial charge in [0.2, 0.25) is 0 Å². The lowest BCUT2D eigenvalue weighted by molar-refractivity contribution is 1.44. The molecule has 0 N–H and O–H groups in total. The third-order valence-corrected chi connectivity index (χ3v) is 1.82. The van der Waals surface area contributed by atoms with Crippen LogP contribution in [-0.4, -0.2) is 0 Å². The molecule has 0 aliphatic carbocycles. The lowest BCUT2D eigenvalue weighted by atomic mass is 10.1. The number of hydrogen-bond donors (Lipinski definition) is 0. The highest BCUT2D eigenvalue weighted by Crippen LogP contribution is 2.08. The highest BCUT2D eigenvalue weighted by atomic mass is 13.9. The Morgan fingerprint density at radius 1 is 1.08 bits per heavy atom. The van der Waals surface area contributed by atoms with Crippen LogP contribution in [0.3, 0.4) is 0 Å². The summed E-state index contributed by atoms with van der Waals surface area (Å²) in [5, 5.41) is 0. The van der Waals surface area contributed by atoms with E-state index in [9.17, 15) is 0 Å². The molecule has 0 bridgehead atoms. The van der Waals surface area contributed by atoms with E-state index in [2.05, 4.69) is 31.7 Å². The maximum atomic E-state index is 3.60. The summed E-state index contributed by atoms with van der Waals surface area (Å²) < 4.78 is 0. The molecule has 0 aliphatic heterocycles. The Balaban J connectivity index is 2.74. The largest absolute Gasteiger partial charge is 0.0991 e. The first kappa shape index (κ1) is 9.53. The van der Waals surface area contributed by atoms with Gasteiger partial charge in [-0.1, -0.05) is 61.2 Å². The first-order chi connectivity index (χ1) is 6.34. The van der Waals surface area contributed by atoms with Crippen molar-refractivity contribution in [3.05, 3.63) is 66.3 Å². The lowest BCUT2D eigenvalue weighted by Gasteiger charge is -1.96. The summed E-state index contributed by atoms with van der Waals surface area (Å²) in [6, 6.07) is 8.31. The van der Waals surface area contributed by atoms with E-state index < -0.39 is 0 Å². The second kappa shape index (κ2) is 5.15. The van der Waals surface area contributed by atoms with Gasteiger partial charge in [0.15, 0.2) is 0 Å². The molecule has 0 atom stereocenters. The molecule has 0 heteroatoms. The SMILES string of the molecule is C=C/C=C\C=C/c1ccccc1C. The topological polar surface area (TPSA) is 0 Å². The fraction of sp³-hybridized carbons (Fsp3) is 0.0769. The Morgan fingerprint density at radius 2 is 1.85 bits per heavy atom. The van der Waals surface area contributed by atoms with Crippen molar-refractivity contribution in [1.29, 1.82) is 0 Å². The van der Waals surface area contributed by atoms with Crippen molar-refractivity contribution in [2.45, 2.75) is 6.92 Å². The van der Waals surface area contributed by atoms with Gasteiger partial charge in [0.25, 0.3) is 0 Å². The average molecular weight is 170 g/mol. The fourth-order valence-electron chi connectivity index (χ4n) is 1.08. The summed E-state index contributed by atoms with van der Waals surface area (Å²) in [4.78, 5) is 0. The average Bonchev–Trinajstić information content (AvgIpc) is 2.15. The van der Waals surface area contributed by atoms with Gasteiger partial charge in [-0.15, -0.1) is 0 Å². The summed E-state index contributed by atoms with van der Waals surface area (Å²) in [5.41, 5.74) is 2.56. The molecule has 1 aromatic carbocycles. The molecule has 0 aliphatic rings. The molecule has 0 saturated carbocycles. The molecular formula is C13H14. The van der Waals surface area contributed by atoms with E-state index in [1.807, 2.05) is 30.4 Å². The molecular weight excluding hydrogens is 156 g/mol. The fourth-order valence-corrected chi connectivity index (χ4v) is 1.08. The zero-order chi connectivity index (χ0) is 9.52. The molecule has 0 aromatic heterocycles. The zero-order valence-electron chi connectivity index (χ0n) is 7.90. The standard InChI is InChI=1S/C13H14/c1-3-4-5-6-10-13-11-8-7-9-12(13)2/h3-11H,1H2,2H3/b5-4-,10-6-. The minimum atomic E-state index is 1.26. The van der Waals surface area contributed by atoms with Gasteiger partial charge >= 0.3 is 0 Å². The van der Waals surface area contributed by atoms with Crippen molar-refractivity contribution in [1.82, 2.24) is 0 Å². The molecule has 1 aromatic rings. The van der Waals surface area contributed by atoms with Crippen molar-refractivity contribution in [2.24, 2.45) is 0 Å². The van der Waals surface area contributed by atoms with Gasteiger partial charge in [-0.25, -0.2) is 0 Å². The summed E-state index contributed by atoms with van der Waals surface area (Å²) >= 11 is 0. The van der Waals surface area contributed by atoms with Crippen molar-refractivity contribution < 1.29 is 0 Å². The zero-order valence-corrected chi connectivity index (χ0v) is 7.90. The number of aryl methyl sites for hydroxylation is 1. The second-order valence-corrected chi connectivity index (χ2v) is 2.84. The van der Waals surface area contributed by atoms with Crippen LogP contribution in [0, 0.1) is 6.92 Å². The summed E-state index contributed by atoms with van der Waals surface area (Å²) in [6.45, 7) is 5.71. The van der Waals surface area contributed by atoms with Gasteiger partial charge in [-0.2, -0.15) is 0 Å². The Morgan fingerprint density at radius 3 is 2.54 bits per heavy atom. The van der Waals surface area contributed by atoms with Gasteiger partial charge in [0, 0.05) is 0 Å². The molecule has 1 rings (SSSR count). The summed E-state index contributed by atoms with van der Waals surface area (Å²) in [7, 11) is 0. The minimum absolute atomic E-state index is 1.26. The van der Waals surface area contributed by atoms with Gasteiger partial charge < -0.3 is 0 Å². The molecule has 13 heavy (non-hydrogen) atoms. The van der Waals surface area contributed by atoms with Gasteiger partial charge in [-0.3, -0.25) is 0 Å². The molecule has 0 spiro atoms. The molecule has 0 unspecified atom stereocenters. The normalized spacial score (nSPS) is 11.2. The van der Waals surface area contributed by atoms with Crippen LogP contribution < -0.4 is 0 Å². The first-order valence-corrected chi connectivity index (χ1v) is 4.36. The maximum absolute atomic E-state index is 3.60. The smallest absolute Gasteiger partial charge is 0.0227 e. The predicted octanol–water partition coefficient (Wildman–Crippen LogP) is 3.75. The number of allylic oxidation sites excluding steroid dienone is 4. The van der Waals surface area contributed by atoms with Crippen LogP contribution in [0.25, 0.3) is 6.08 Å². The van der Waals surface area contributed by atoms with Crippen LogP contribution in [0.15, 0.2) is 55.1 Å². The predicted molar refractivity (Wildman–Crippen MR) is 59.6 cm³/mol. The third kappa shape index (κ3) is 3.12. The maximum Gasteiger partial charge on any atom is -0.0227 e. The lowest BCUT2D eigenvalue weighted by Crippen LogP contribution is -1.76. The van der Waals surface area contributed by atoms with Crippen LogP contribution in [-0.2, 0) is 0 Å². The molecule has 0 nitrogen and oxygen atoms in total. The van der Waals surface area contributed by atoms with Gasteiger partial charge in [-0.05, 0) is 18.1 Å². The van der Waals surface area contributed by atoms with E-state index in [0.29, 0.717) is 0 Å². The van der Waals surface area contributed by atoms with Crippen LogP contribution in [0.2, 0.25) is 0 Å². The van der Waals surface area contributed by atoms with Gasteiger partial charge in [0.05, 0.1) is 0 Å². The summed E-state index contributed by atoms with van der Waals surface area (Å²) in [5.74, 6) is 0. The van der Waals surface area contributed by atoms with Crippen molar-refractivity contribution in [3.63, 3.8) is 0 Å². The Hall–Kier alpha value is -1.56. The molecule has 66 valence electrons. The van der Waals surface area contributed by atoms with Crippen molar-refractivity contribution >= 4 is 6.08 Å². The summed E-state index contributed by atoms with van der Waals surface area (Å²) in [6.07, 6.45) is 9.76.